The van der Waals surface area contributed by atoms with Gasteiger partial charge in [0.1, 0.15) is 12.7 Å². The molecule has 2 aliphatic rings. The van der Waals surface area contributed by atoms with Gasteiger partial charge in [-0.3, -0.25) is 0 Å². The number of epoxide rings is 1. The van der Waals surface area contributed by atoms with Crippen molar-refractivity contribution in [2.24, 2.45) is 0 Å². The second-order valence-corrected chi connectivity index (χ2v) is 7.54. The summed E-state index contributed by atoms with van der Waals surface area (Å²) in [6.45, 7) is 4.15. The predicted octanol–water partition coefficient (Wildman–Crippen LogP) is 0.402. The summed E-state index contributed by atoms with van der Waals surface area (Å²) in [5.41, 5.74) is 1.02. The molecule has 110 valence electrons. The van der Waals surface area contributed by atoms with Gasteiger partial charge in [0.25, 0.3) is 0 Å². The van der Waals surface area contributed by atoms with Crippen LogP contribution in [0.5, 0.6) is 5.75 Å². The van der Waals surface area contributed by atoms with Gasteiger partial charge in [-0.15, -0.1) is 0 Å². The highest BCUT2D eigenvalue weighted by Gasteiger charge is 2.27. The lowest BCUT2D eigenvalue weighted by Gasteiger charge is -2.29. The molecular weight excluding hydrogens is 280 g/mol. The maximum atomic E-state index is 11.5. The Morgan fingerprint density at radius 2 is 2.15 bits per heavy atom. The molecule has 0 unspecified atom stereocenters. The second-order valence-electron chi connectivity index (χ2n) is 5.24. The molecule has 0 N–H and O–H groups in total. The number of ether oxygens (including phenoxy) is 2. The summed E-state index contributed by atoms with van der Waals surface area (Å²) < 4.78 is 33.9. The molecule has 6 nitrogen and oxygen atoms in total. The minimum atomic E-state index is -2.89. The summed E-state index contributed by atoms with van der Waals surface area (Å²) in [5.74, 6) is 1.78. The Morgan fingerprint density at radius 3 is 2.80 bits per heavy atom. The first-order valence-electron chi connectivity index (χ1n) is 6.70. The van der Waals surface area contributed by atoms with Crippen LogP contribution in [0.1, 0.15) is 5.56 Å². The van der Waals surface area contributed by atoms with E-state index >= 15 is 0 Å². The molecular formula is C13H18N2O4S. The number of sulfone groups is 1. The van der Waals surface area contributed by atoms with E-state index in [0.29, 0.717) is 25.4 Å². The molecule has 0 spiro atoms. The average Bonchev–Trinajstić information content (AvgIpc) is 3.21. The van der Waals surface area contributed by atoms with E-state index < -0.39 is 9.84 Å². The van der Waals surface area contributed by atoms with Crippen molar-refractivity contribution in [3.8, 4) is 5.75 Å². The van der Waals surface area contributed by atoms with Crippen LogP contribution < -0.4 is 9.64 Å². The molecule has 0 amide bonds. The van der Waals surface area contributed by atoms with Crippen LogP contribution in [0.4, 0.5) is 5.82 Å². The molecule has 2 fully saturated rings. The molecule has 7 heteroatoms. The van der Waals surface area contributed by atoms with Crippen molar-refractivity contribution in [1.29, 1.82) is 0 Å². The van der Waals surface area contributed by atoms with Crippen LogP contribution >= 0.6 is 0 Å². The SMILES string of the molecule is Cc1cnc(N2CCS(=O)(=O)CC2)c(OC[C@@H]2CO2)c1. The van der Waals surface area contributed by atoms with Crippen molar-refractivity contribution in [2.75, 3.05) is 42.7 Å². The zero-order chi connectivity index (χ0) is 14.2. The normalized spacial score (nSPS) is 24.4. The Bertz CT molecular complexity index is 584. The predicted molar refractivity (Wildman–Crippen MR) is 75.1 cm³/mol. The summed E-state index contributed by atoms with van der Waals surface area (Å²) in [6.07, 6.45) is 1.96. The molecule has 1 atom stereocenters. The molecule has 3 heterocycles. The van der Waals surface area contributed by atoms with Gasteiger partial charge >= 0.3 is 0 Å². The smallest absolute Gasteiger partial charge is 0.171 e. The van der Waals surface area contributed by atoms with E-state index in [1.54, 1.807) is 6.20 Å². The number of hydrogen-bond donors (Lipinski definition) is 0. The molecule has 0 saturated carbocycles. The van der Waals surface area contributed by atoms with Crippen molar-refractivity contribution < 1.29 is 17.9 Å². The molecule has 1 aromatic heterocycles. The number of rotatable bonds is 4. The lowest BCUT2D eigenvalue weighted by atomic mass is 10.3. The van der Waals surface area contributed by atoms with E-state index in [1.165, 1.54) is 0 Å². The minimum absolute atomic E-state index is 0.174. The van der Waals surface area contributed by atoms with Gasteiger partial charge in [-0.25, -0.2) is 13.4 Å². The summed E-state index contributed by atoms with van der Waals surface area (Å²) >= 11 is 0. The first-order chi connectivity index (χ1) is 9.53. The minimum Gasteiger partial charge on any atom is -0.487 e. The number of aromatic nitrogens is 1. The average molecular weight is 298 g/mol. The Morgan fingerprint density at radius 1 is 1.45 bits per heavy atom. The van der Waals surface area contributed by atoms with Crippen LogP contribution in [0, 0.1) is 6.92 Å². The molecule has 1 aromatic rings. The Hall–Kier alpha value is -1.34. The van der Waals surface area contributed by atoms with Crippen LogP contribution in [0.2, 0.25) is 0 Å². The largest absolute Gasteiger partial charge is 0.487 e. The molecule has 3 rings (SSSR count). The summed E-state index contributed by atoms with van der Waals surface area (Å²) in [4.78, 5) is 6.39. The summed E-state index contributed by atoms with van der Waals surface area (Å²) in [7, 11) is -2.89. The lowest BCUT2D eigenvalue weighted by Crippen LogP contribution is -2.40. The summed E-state index contributed by atoms with van der Waals surface area (Å²) in [5, 5.41) is 0. The first kappa shape index (κ1) is 13.6. The first-order valence-corrected chi connectivity index (χ1v) is 8.52. The van der Waals surface area contributed by atoms with Crippen molar-refractivity contribution in [1.82, 2.24) is 4.98 Å². The van der Waals surface area contributed by atoms with E-state index in [9.17, 15) is 8.42 Å². The van der Waals surface area contributed by atoms with Gasteiger partial charge in [0, 0.05) is 19.3 Å². The highest BCUT2D eigenvalue weighted by molar-refractivity contribution is 7.91. The molecule has 0 radical (unpaired) electrons. The fourth-order valence-electron chi connectivity index (χ4n) is 2.15. The third-order valence-corrected chi connectivity index (χ3v) is 5.05. The van der Waals surface area contributed by atoms with Crippen LogP contribution in [-0.4, -0.2) is 57.3 Å². The highest BCUT2D eigenvalue weighted by atomic mass is 32.2. The quantitative estimate of drug-likeness (QED) is 0.749. The summed E-state index contributed by atoms with van der Waals surface area (Å²) in [6, 6.07) is 1.94. The number of anilines is 1. The maximum Gasteiger partial charge on any atom is 0.171 e. The van der Waals surface area contributed by atoms with Crippen LogP contribution in [0.3, 0.4) is 0 Å². The van der Waals surface area contributed by atoms with Gasteiger partial charge in [-0.1, -0.05) is 0 Å². The molecule has 0 aliphatic carbocycles. The van der Waals surface area contributed by atoms with Crippen LogP contribution in [0.15, 0.2) is 12.3 Å². The standard InChI is InChI=1S/C13H18N2O4S/c1-10-6-12(19-9-11-8-18-11)13(14-7-10)15-2-4-20(16,17)5-3-15/h6-7,11H,2-5,8-9H2,1H3/t11-/m0/s1. The Kier molecular flexibility index (Phi) is 3.55. The molecule has 20 heavy (non-hydrogen) atoms. The van der Waals surface area contributed by atoms with Crippen molar-refractivity contribution in [2.45, 2.75) is 13.0 Å². The fourth-order valence-corrected chi connectivity index (χ4v) is 3.35. The lowest BCUT2D eigenvalue weighted by molar-refractivity contribution is 0.262. The molecule has 0 bridgehead atoms. The van der Waals surface area contributed by atoms with E-state index in [2.05, 4.69) is 4.98 Å². The number of nitrogens with zero attached hydrogens (tertiary/aromatic N) is 2. The third kappa shape index (κ3) is 3.21. The van der Waals surface area contributed by atoms with Gasteiger partial charge in [0.05, 0.1) is 18.1 Å². The van der Waals surface area contributed by atoms with Crippen molar-refractivity contribution >= 4 is 15.7 Å². The van der Waals surface area contributed by atoms with Crippen molar-refractivity contribution in [3.63, 3.8) is 0 Å². The van der Waals surface area contributed by atoms with Gasteiger partial charge in [0.15, 0.2) is 21.4 Å². The molecule has 2 saturated heterocycles. The monoisotopic (exact) mass is 298 g/mol. The van der Waals surface area contributed by atoms with E-state index in [1.807, 2.05) is 17.9 Å². The topological polar surface area (TPSA) is 72.0 Å². The van der Waals surface area contributed by atoms with Gasteiger partial charge in [0.2, 0.25) is 0 Å². The van der Waals surface area contributed by atoms with Gasteiger partial charge in [-0.05, 0) is 18.6 Å². The number of hydrogen-bond acceptors (Lipinski definition) is 6. The highest BCUT2D eigenvalue weighted by Crippen LogP contribution is 2.28. The van der Waals surface area contributed by atoms with Crippen molar-refractivity contribution in [3.05, 3.63) is 17.8 Å². The van der Waals surface area contributed by atoms with Gasteiger partial charge in [-0.2, -0.15) is 0 Å². The maximum absolute atomic E-state index is 11.5. The van der Waals surface area contributed by atoms with E-state index in [-0.39, 0.29) is 17.6 Å². The third-order valence-electron chi connectivity index (χ3n) is 3.44. The van der Waals surface area contributed by atoms with E-state index in [0.717, 1.165) is 18.0 Å². The zero-order valence-electron chi connectivity index (χ0n) is 11.4. The van der Waals surface area contributed by atoms with Gasteiger partial charge < -0.3 is 14.4 Å². The fraction of sp³-hybridized carbons (Fsp3) is 0.615. The number of aryl methyl sites for hydroxylation is 1. The van der Waals surface area contributed by atoms with Crippen LogP contribution in [-0.2, 0) is 14.6 Å². The Balaban J connectivity index is 1.77. The second kappa shape index (κ2) is 5.21. The number of pyridine rings is 1. The molecule has 0 aromatic carbocycles. The zero-order valence-corrected chi connectivity index (χ0v) is 12.2. The van der Waals surface area contributed by atoms with E-state index in [4.69, 9.17) is 9.47 Å². The molecule has 2 aliphatic heterocycles. The van der Waals surface area contributed by atoms with Crippen LogP contribution in [0.25, 0.3) is 0 Å². The Labute approximate surface area is 118 Å².